The molecular weight excluding hydrogens is 302 g/mol. The highest BCUT2D eigenvalue weighted by Crippen LogP contribution is 2.17. The van der Waals surface area contributed by atoms with E-state index in [0.29, 0.717) is 6.54 Å². The summed E-state index contributed by atoms with van der Waals surface area (Å²) < 4.78 is 2.25. The molecule has 1 N–H and O–H groups in total. The molecule has 1 saturated heterocycles. The van der Waals surface area contributed by atoms with E-state index in [9.17, 15) is 9.90 Å². The van der Waals surface area contributed by atoms with E-state index in [2.05, 4.69) is 42.1 Å². The van der Waals surface area contributed by atoms with E-state index >= 15 is 0 Å². The van der Waals surface area contributed by atoms with Crippen LogP contribution in [-0.4, -0.2) is 70.6 Å². The highest BCUT2D eigenvalue weighted by atomic mass is 16.3. The summed E-state index contributed by atoms with van der Waals surface area (Å²) in [5, 5.41) is 9.43. The number of hydrogen-bond acceptors (Lipinski definition) is 4. The van der Waals surface area contributed by atoms with Crippen molar-refractivity contribution in [3.8, 4) is 0 Å². The third-order valence-corrected chi connectivity index (χ3v) is 5.29. The molecule has 2 rings (SSSR count). The molecule has 1 aliphatic rings. The molecule has 1 aromatic rings. The number of rotatable bonds is 8. The Morgan fingerprint density at radius 2 is 1.88 bits per heavy atom. The lowest BCUT2D eigenvalue weighted by atomic mass is 10.1. The van der Waals surface area contributed by atoms with E-state index < -0.39 is 0 Å². The molecule has 0 aromatic carbocycles. The molecule has 0 radical (unpaired) electrons. The molecule has 2 heterocycles. The Morgan fingerprint density at radius 3 is 2.42 bits per heavy atom. The number of ketones is 1. The fraction of sp³-hybridized carbons (Fsp3) is 0.737. The van der Waals surface area contributed by atoms with Crippen LogP contribution in [0.4, 0.5) is 0 Å². The van der Waals surface area contributed by atoms with Crippen molar-refractivity contribution in [1.82, 2.24) is 14.4 Å². The Bertz CT molecular complexity index is 541. The summed E-state index contributed by atoms with van der Waals surface area (Å²) in [6, 6.07) is 2.30. The zero-order chi connectivity index (χ0) is 17.7. The normalized spacial score (nSPS) is 18.0. The molecule has 1 fully saturated rings. The first-order chi connectivity index (χ1) is 11.5. The van der Waals surface area contributed by atoms with Gasteiger partial charge in [0.15, 0.2) is 5.78 Å². The molecular formula is C19H33N3O2. The summed E-state index contributed by atoms with van der Waals surface area (Å²) in [5.74, 6) is 0.230. The second kappa shape index (κ2) is 8.79. The van der Waals surface area contributed by atoms with Crippen molar-refractivity contribution in [1.29, 1.82) is 0 Å². The van der Waals surface area contributed by atoms with Gasteiger partial charge in [0.25, 0.3) is 0 Å². The molecule has 5 heteroatoms. The van der Waals surface area contributed by atoms with Crippen LogP contribution in [0.1, 0.15) is 48.4 Å². The van der Waals surface area contributed by atoms with Gasteiger partial charge in [-0.15, -0.1) is 0 Å². The van der Waals surface area contributed by atoms with E-state index in [4.69, 9.17) is 0 Å². The topological polar surface area (TPSA) is 48.7 Å². The lowest BCUT2D eigenvalue weighted by molar-refractivity contribution is 0.0591. The smallest absolute Gasteiger partial charge is 0.178 e. The summed E-state index contributed by atoms with van der Waals surface area (Å²) in [6.45, 7) is 13.8. The Morgan fingerprint density at radius 1 is 1.21 bits per heavy atom. The molecule has 1 atom stereocenters. The van der Waals surface area contributed by atoms with Crippen LogP contribution >= 0.6 is 0 Å². The highest BCUT2D eigenvalue weighted by molar-refractivity contribution is 5.99. The maximum Gasteiger partial charge on any atom is 0.178 e. The van der Waals surface area contributed by atoms with Crippen molar-refractivity contribution in [2.24, 2.45) is 0 Å². The summed E-state index contributed by atoms with van der Waals surface area (Å²) in [5.41, 5.74) is 3.16. The SMILES string of the molecule is CCCn1c(C)cc(C(=O)CN2CCN(C(CC)CO)CC2)c1C. The number of nitrogens with zero attached hydrogens (tertiary/aromatic N) is 3. The Labute approximate surface area is 146 Å². The third-order valence-electron chi connectivity index (χ3n) is 5.29. The first-order valence-corrected chi connectivity index (χ1v) is 9.28. The van der Waals surface area contributed by atoms with Crippen molar-refractivity contribution < 1.29 is 9.90 Å². The number of Topliss-reactive ketones (excluding diaryl/α,β-unsaturated/α-hetero) is 1. The molecule has 1 unspecified atom stereocenters. The van der Waals surface area contributed by atoms with E-state index in [-0.39, 0.29) is 18.4 Å². The summed E-state index contributed by atoms with van der Waals surface area (Å²) in [7, 11) is 0. The van der Waals surface area contributed by atoms with Crippen molar-refractivity contribution in [2.45, 2.75) is 53.1 Å². The third kappa shape index (κ3) is 4.26. The van der Waals surface area contributed by atoms with Crippen molar-refractivity contribution in [2.75, 3.05) is 39.3 Å². The zero-order valence-corrected chi connectivity index (χ0v) is 15.7. The molecule has 0 saturated carbocycles. The molecule has 0 bridgehead atoms. The summed E-state index contributed by atoms with van der Waals surface area (Å²) >= 11 is 0. The molecule has 136 valence electrons. The van der Waals surface area contributed by atoms with E-state index in [1.165, 1.54) is 5.69 Å². The van der Waals surface area contributed by atoms with Gasteiger partial charge in [0, 0.05) is 55.7 Å². The predicted molar refractivity (Wildman–Crippen MR) is 97.7 cm³/mol. The van der Waals surface area contributed by atoms with Gasteiger partial charge in [0.05, 0.1) is 13.2 Å². The van der Waals surface area contributed by atoms with E-state index in [1.807, 2.05) is 6.07 Å². The van der Waals surface area contributed by atoms with Crippen LogP contribution in [0, 0.1) is 13.8 Å². The number of carbonyl (C=O) groups excluding carboxylic acids is 1. The molecule has 0 aliphatic carbocycles. The van der Waals surface area contributed by atoms with E-state index in [0.717, 1.165) is 56.8 Å². The predicted octanol–water partition coefficient (Wildman–Crippen LogP) is 2.09. The largest absolute Gasteiger partial charge is 0.395 e. The average molecular weight is 335 g/mol. The second-order valence-corrected chi connectivity index (χ2v) is 6.92. The molecule has 1 aromatic heterocycles. The van der Waals surface area contributed by atoms with Gasteiger partial charge in [0.2, 0.25) is 0 Å². The Kier molecular flexibility index (Phi) is 7.02. The number of aliphatic hydroxyl groups excluding tert-OH is 1. The fourth-order valence-corrected chi connectivity index (χ4v) is 3.73. The summed E-state index contributed by atoms with van der Waals surface area (Å²) in [6.07, 6.45) is 2.05. The summed E-state index contributed by atoms with van der Waals surface area (Å²) in [4.78, 5) is 17.3. The Hall–Kier alpha value is -1.17. The van der Waals surface area contributed by atoms with Gasteiger partial charge in [-0.3, -0.25) is 14.6 Å². The molecule has 0 amide bonds. The number of aromatic nitrogens is 1. The van der Waals surface area contributed by atoms with Gasteiger partial charge in [-0.1, -0.05) is 13.8 Å². The number of aliphatic hydroxyl groups is 1. The van der Waals surface area contributed by atoms with Gasteiger partial charge in [-0.2, -0.15) is 0 Å². The van der Waals surface area contributed by atoms with Gasteiger partial charge < -0.3 is 9.67 Å². The number of piperazine rings is 1. The fourth-order valence-electron chi connectivity index (χ4n) is 3.73. The van der Waals surface area contributed by atoms with Crippen LogP contribution in [0.3, 0.4) is 0 Å². The van der Waals surface area contributed by atoms with Crippen molar-refractivity contribution >= 4 is 5.78 Å². The minimum atomic E-state index is 0.221. The second-order valence-electron chi connectivity index (χ2n) is 6.92. The highest BCUT2D eigenvalue weighted by Gasteiger charge is 2.24. The number of hydrogen-bond donors (Lipinski definition) is 1. The maximum absolute atomic E-state index is 12.7. The van der Waals surface area contributed by atoms with Crippen LogP contribution in [0.25, 0.3) is 0 Å². The maximum atomic E-state index is 12.7. The van der Waals surface area contributed by atoms with Crippen molar-refractivity contribution in [3.05, 3.63) is 23.0 Å². The quantitative estimate of drug-likeness (QED) is 0.739. The molecule has 1 aliphatic heterocycles. The number of aryl methyl sites for hydroxylation is 1. The van der Waals surface area contributed by atoms with Gasteiger partial charge in [-0.05, 0) is 32.8 Å². The van der Waals surface area contributed by atoms with Crippen LogP contribution in [-0.2, 0) is 6.54 Å². The average Bonchev–Trinajstić information content (AvgIpc) is 2.86. The Balaban J connectivity index is 1.93. The van der Waals surface area contributed by atoms with Gasteiger partial charge >= 0.3 is 0 Å². The van der Waals surface area contributed by atoms with Gasteiger partial charge in [-0.25, -0.2) is 0 Å². The molecule has 24 heavy (non-hydrogen) atoms. The van der Waals surface area contributed by atoms with E-state index in [1.54, 1.807) is 0 Å². The lowest BCUT2D eigenvalue weighted by Gasteiger charge is -2.38. The minimum Gasteiger partial charge on any atom is -0.395 e. The monoisotopic (exact) mass is 335 g/mol. The minimum absolute atomic E-state index is 0.221. The van der Waals surface area contributed by atoms with Crippen LogP contribution in [0.5, 0.6) is 0 Å². The lowest BCUT2D eigenvalue weighted by Crippen LogP contribution is -2.52. The molecule has 0 spiro atoms. The van der Waals surface area contributed by atoms with Crippen LogP contribution < -0.4 is 0 Å². The van der Waals surface area contributed by atoms with Crippen molar-refractivity contribution in [3.63, 3.8) is 0 Å². The van der Waals surface area contributed by atoms with Gasteiger partial charge in [0.1, 0.15) is 0 Å². The number of carbonyl (C=O) groups is 1. The first kappa shape index (κ1) is 19.2. The molecule has 5 nitrogen and oxygen atoms in total. The standard InChI is InChI=1S/C19H33N3O2/c1-5-7-22-15(3)12-18(16(22)4)19(24)13-20-8-10-21(11-9-20)17(6-2)14-23/h12,17,23H,5-11,13-14H2,1-4H3. The van der Waals surface area contributed by atoms with Crippen LogP contribution in [0.15, 0.2) is 6.07 Å². The first-order valence-electron chi connectivity index (χ1n) is 9.28. The van der Waals surface area contributed by atoms with Crippen LogP contribution in [0.2, 0.25) is 0 Å². The zero-order valence-electron chi connectivity index (χ0n) is 15.7.